The molecule has 1 amide bonds. The van der Waals surface area contributed by atoms with Crippen molar-refractivity contribution < 1.29 is 17.6 Å². The Balaban J connectivity index is 1.49. The van der Waals surface area contributed by atoms with Crippen LogP contribution in [-0.4, -0.2) is 41.9 Å². The zero-order chi connectivity index (χ0) is 22.0. The average molecular weight is 461 g/mol. The lowest BCUT2D eigenvalue weighted by Gasteiger charge is -2.30. The number of aromatic nitrogens is 2. The van der Waals surface area contributed by atoms with Crippen molar-refractivity contribution in [2.24, 2.45) is 0 Å². The lowest BCUT2D eigenvalue weighted by atomic mass is 10.0. The van der Waals surface area contributed by atoms with E-state index in [4.69, 9.17) is 0 Å². The lowest BCUT2D eigenvalue weighted by molar-refractivity contribution is 0.102. The molecule has 0 radical (unpaired) electrons. The van der Waals surface area contributed by atoms with Crippen LogP contribution < -0.4 is 5.32 Å². The molecule has 0 spiro atoms. The van der Waals surface area contributed by atoms with Gasteiger partial charge in [-0.15, -0.1) is 10.2 Å². The summed E-state index contributed by atoms with van der Waals surface area (Å²) >= 11 is 1.17. The van der Waals surface area contributed by atoms with Gasteiger partial charge in [-0.1, -0.05) is 35.6 Å². The Morgan fingerprint density at radius 2 is 2.00 bits per heavy atom. The highest BCUT2D eigenvalue weighted by Gasteiger charge is 2.33. The largest absolute Gasteiger partial charge is 0.320 e. The molecule has 7 nitrogen and oxygen atoms in total. The first-order chi connectivity index (χ1) is 14.8. The number of aryl methyl sites for hydroxylation is 1. The highest BCUT2D eigenvalue weighted by atomic mass is 32.2. The first-order valence-corrected chi connectivity index (χ1v) is 12.1. The summed E-state index contributed by atoms with van der Waals surface area (Å²) in [5, 5.41) is 11.8. The number of sulfonamides is 1. The standard InChI is InChI=1S/C21H21FN4O3S2/c1-14-6-2-3-10-18(14)23-19(27)21-25-24-20(30-21)15-7-5-11-26(13-15)31(28,29)17-9-4-8-16(22)12-17/h2-4,6,8-10,12,15H,5,7,11,13H2,1H3,(H,23,27)/t15-/m1/s1. The van der Waals surface area contributed by atoms with Crippen molar-refractivity contribution in [3.8, 4) is 0 Å². The molecule has 4 rings (SSSR count). The van der Waals surface area contributed by atoms with Crippen molar-refractivity contribution in [1.29, 1.82) is 0 Å². The summed E-state index contributed by atoms with van der Waals surface area (Å²) in [4.78, 5) is 12.5. The number of nitrogens with zero attached hydrogens (tertiary/aromatic N) is 3. The van der Waals surface area contributed by atoms with Gasteiger partial charge in [-0.3, -0.25) is 4.79 Å². The van der Waals surface area contributed by atoms with E-state index >= 15 is 0 Å². The van der Waals surface area contributed by atoms with Gasteiger partial charge in [0.1, 0.15) is 10.8 Å². The van der Waals surface area contributed by atoms with Gasteiger partial charge >= 0.3 is 0 Å². The Hall–Kier alpha value is -2.69. The molecule has 0 unspecified atom stereocenters. The predicted molar refractivity (Wildman–Crippen MR) is 116 cm³/mol. The Labute approximate surface area is 184 Å². The molecule has 1 aliphatic rings. The van der Waals surface area contributed by atoms with Crippen LogP contribution in [0.5, 0.6) is 0 Å². The summed E-state index contributed by atoms with van der Waals surface area (Å²) < 4.78 is 40.7. The monoisotopic (exact) mass is 460 g/mol. The highest BCUT2D eigenvalue weighted by Crippen LogP contribution is 2.32. The third-order valence-corrected chi connectivity index (χ3v) is 8.14. The third kappa shape index (κ3) is 4.65. The van der Waals surface area contributed by atoms with Crippen molar-refractivity contribution in [2.75, 3.05) is 18.4 Å². The Morgan fingerprint density at radius 3 is 2.77 bits per heavy atom. The average Bonchev–Trinajstić information content (AvgIpc) is 3.26. The smallest absolute Gasteiger partial charge is 0.286 e. The third-order valence-electron chi connectivity index (χ3n) is 5.20. The number of para-hydroxylation sites is 1. The minimum Gasteiger partial charge on any atom is -0.320 e. The minimum atomic E-state index is -3.81. The molecule has 1 aromatic heterocycles. The summed E-state index contributed by atoms with van der Waals surface area (Å²) in [6, 6.07) is 12.4. The van der Waals surface area contributed by atoms with Crippen LogP contribution in [0.1, 0.15) is 39.1 Å². The number of amides is 1. The molecule has 0 bridgehead atoms. The van der Waals surface area contributed by atoms with E-state index in [1.54, 1.807) is 0 Å². The number of piperidine rings is 1. The molecule has 1 saturated heterocycles. The molecule has 10 heteroatoms. The summed E-state index contributed by atoms with van der Waals surface area (Å²) in [6.07, 6.45) is 1.38. The fourth-order valence-electron chi connectivity index (χ4n) is 3.52. The normalized spacial score (nSPS) is 17.4. The summed E-state index contributed by atoms with van der Waals surface area (Å²) in [7, 11) is -3.81. The number of carbonyl (C=O) groups is 1. The molecule has 1 N–H and O–H groups in total. The molecule has 0 saturated carbocycles. The SMILES string of the molecule is Cc1ccccc1NC(=O)c1nnc([C@@H]2CCCN(S(=O)(=O)c3cccc(F)c3)C2)s1. The highest BCUT2D eigenvalue weighted by molar-refractivity contribution is 7.89. The van der Waals surface area contributed by atoms with Crippen LogP contribution in [-0.2, 0) is 10.0 Å². The first-order valence-electron chi connectivity index (χ1n) is 9.80. The fraction of sp³-hybridized carbons (Fsp3) is 0.286. The molecule has 1 fully saturated rings. The fourth-order valence-corrected chi connectivity index (χ4v) is 5.94. The summed E-state index contributed by atoms with van der Waals surface area (Å²) in [5.41, 5.74) is 1.64. The van der Waals surface area contributed by atoms with Crippen molar-refractivity contribution in [2.45, 2.75) is 30.6 Å². The minimum absolute atomic E-state index is 0.0660. The zero-order valence-corrected chi connectivity index (χ0v) is 18.4. The number of rotatable bonds is 5. The molecule has 1 atom stereocenters. The molecule has 162 valence electrons. The Kier molecular flexibility index (Phi) is 6.12. The van der Waals surface area contributed by atoms with Crippen LogP contribution in [0.4, 0.5) is 10.1 Å². The molecule has 0 aliphatic carbocycles. The molecule has 1 aliphatic heterocycles. The topological polar surface area (TPSA) is 92.3 Å². The Bertz CT molecular complexity index is 1210. The second-order valence-electron chi connectivity index (χ2n) is 7.37. The van der Waals surface area contributed by atoms with Crippen LogP contribution in [0, 0.1) is 12.7 Å². The lowest BCUT2D eigenvalue weighted by Crippen LogP contribution is -2.39. The van der Waals surface area contributed by atoms with Crippen molar-refractivity contribution in [3.05, 3.63) is 69.9 Å². The maximum atomic E-state index is 13.5. The molecule has 2 aromatic carbocycles. The number of halogens is 1. The van der Waals surface area contributed by atoms with Gasteiger partial charge in [0.2, 0.25) is 15.0 Å². The van der Waals surface area contributed by atoms with Gasteiger partial charge in [-0.05, 0) is 49.6 Å². The summed E-state index contributed by atoms with van der Waals surface area (Å²) in [6.45, 7) is 2.47. The second kappa shape index (κ2) is 8.81. The van der Waals surface area contributed by atoms with Crippen LogP contribution >= 0.6 is 11.3 Å². The number of nitrogens with one attached hydrogen (secondary N) is 1. The molecular weight excluding hydrogens is 439 g/mol. The number of carbonyl (C=O) groups excluding carboxylic acids is 1. The van der Waals surface area contributed by atoms with Gasteiger partial charge in [-0.25, -0.2) is 12.8 Å². The van der Waals surface area contributed by atoms with E-state index in [0.29, 0.717) is 23.7 Å². The number of anilines is 1. The van der Waals surface area contributed by atoms with Gasteiger partial charge in [0.05, 0.1) is 4.90 Å². The van der Waals surface area contributed by atoms with Crippen molar-refractivity contribution in [3.63, 3.8) is 0 Å². The maximum Gasteiger partial charge on any atom is 0.286 e. The first kappa shape index (κ1) is 21.5. The van der Waals surface area contributed by atoms with E-state index in [1.807, 2.05) is 31.2 Å². The van der Waals surface area contributed by atoms with Crippen LogP contribution in [0.2, 0.25) is 0 Å². The van der Waals surface area contributed by atoms with Crippen LogP contribution in [0.15, 0.2) is 53.4 Å². The van der Waals surface area contributed by atoms with Gasteiger partial charge in [-0.2, -0.15) is 4.31 Å². The molecule has 3 aromatic rings. The van der Waals surface area contributed by atoms with Gasteiger partial charge in [0, 0.05) is 24.7 Å². The van der Waals surface area contributed by atoms with E-state index in [1.165, 1.54) is 33.8 Å². The second-order valence-corrected chi connectivity index (χ2v) is 10.3. The van der Waals surface area contributed by atoms with Crippen molar-refractivity contribution >= 4 is 33.0 Å². The molecule has 31 heavy (non-hydrogen) atoms. The number of hydrogen-bond donors (Lipinski definition) is 1. The van der Waals surface area contributed by atoms with E-state index in [-0.39, 0.29) is 28.3 Å². The summed E-state index contributed by atoms with van der Waals surface area (Å²) in [5.74, 6) is -1.12. The maximum absolute atomic E-state index is 13.5. The number of hydrogen-bond acceptors (Lipinski definition) is 6. The molecule has 2 heterocycles. The van der Waals surface area contributed by atoms with E-state index < -0.39 is 15.8 Å². The predicted octanol–water partition coefficient (Wildman–Crippen LogP) is 3.81. The van der Waals surface area contributed by atoms with E-state index in [0.717, 1.165) is 18.1 Å². The zero-order valence-electron chi connectivity index (χ0n) is 16.8. The van der Waals surface area contributed by atoms with Crippen molar-refractivity contribution in [1.82, 2.24) is 14.5 Å². The number of benzene rings is 2. The van der Waals surface area contributed by atoms with Gasteiger partial charge < -0.3 is 5.32 Å². The van der Waals surface area contributed by atoms with Crippen LogP contribution in [0.25, 0.3) is 0 Å². The quantitative estimate of drug-likeness (QED) is 0.625. The molecular formula is C21H21FN4O3S2. The van der Waals surface area contributed by atoms with Crippen LogP contribution in [0.3, 0.4) is 0 Å². The van der Waals surface area contributed by atoms with E-state index in [2.05, 4.69) is 15.5 Å². The van der Waals surface area contributed by atoms with E-state index in [9.17, 15) is 17.6 Å². The van der Waals surface area contributed by atoms with Gasteiger partial charge in [0.25, 0.3) is 5.91 Å². The Morgan fingerprint density at radius 1 is 1.19 bits per heavy atom. The van der Waals surface area contributed by atoms with Gasteiger partial charge in [0.15, 0.2) is 0 Å².